The van der Waals surface area contributed by atoms with Gasteiger partial charge in [-0.25, -0.2) is 0 Å². The van der Waals surface area contributed by atoms with Crippen LogP contribution in [-0.2, 0) is 13.6 Å². The van der Waals surface area contributed by atoms with Gasteiger partial charge in [-0.1, -0.05) is 29.8 Å². The average Bonchev–Trinajstić information content (AvgIpc) is 2.84. The highest BCUT2D eigenvalue weighted by molar-refractivity contribution is 9.10. The van der Waals surface area contributed by atoms with Crippen LogP contribution in [0.15, 0.2) is 28.7 Å². The quantitative estimate of drug-likeness (QED) is 0.779. The van der Waals surface area contributed by atoms with Gasteiger partial charge in [-0.15, -0.1) is 0 Å². The summed E-state index contributed by atoms with van der Waals surface area (Å²) in [7, 11) is 1.85. The SMILES string of the molecule is Cc1c(Br)c(C(=O)N2CCN(Cc3ccccc3Cl)CC2)nn1C. The third kappa shape index (κ3) is 3.50. The van der Waals surface area contributed by atoms with Crippen molar-refractivity contribution < 1.29 is 4.79 Å². The Morgan fingerprint density at radius 2 is 1.92 bits per heavy atom. The Bertz CT molecular complexity index is 753. The van der Waals surface area contributed by atoms with Gasteiger partial charge in [-0.2, -0.15) is 5.10 Å². The van der Waals surface area contributed by atoms with E-state index in [-0.39, 0.29) is 5.91 Å². The first-order valence-corrected chi connectivity index (χ1v) is 9.08. The van der Waals surface area contributed by atoms with E-state index in [0.717, 1.165) is 40.4 Å². The van der Waals surface area contributed by atoms with Crippen LogP contribution >= 0.6 is 27.5 Å². The Balaban J connectivity index is 1.61. The van der Waals surface area contributed by atoms with Crippen LogP contribution in [0.1, 0.15) is 21.7 Å². The summed E-state index contributed by atoms with van der Waals surface area (Å²) in [6.45, 7) is 5.82. The van der Waals surface area contributed by atoms with E-state index in [1.54, 1.807) is 4.68 Å². The van der Waals surface area contributed by atoms with Gasteiger partial charge in [0.25, 0.3) is 5.91 Å². The Morgan fingerprint density at radius 3 is 2.50 bits per heavy atom. The van der Waals surface area contributed by atoms with Crippen LogP contribution in [0.3, 0.4) is 0 Å². The van der Waals surface area contributed by atoms with Crippen molar-refractivity contribution in [3.05, 3.63) is 50.7 Å². The van der Waals surface area contributed by atoms with Gasteiger partial charge in [-0.3, -0.25) is 14.4 Å². The molecule has 1 aliphatic rings. The Hall–Kier alpha value is -1.37. The van der Waals surface area contributed by atoms with E-state index in [1.165, 1.54) is 0 Å². The van der Waals surface area contributed by atoms with E-state index < -0.39 is 0 Å². The van der Waals surface area contributed by atoms with Gasteiger partial charge >= 0.3 is 0 Å². The van der Waals surface area contributed by atoms with E-state index in [4.69, 9.17) is 11.6 Å². The number of rotatable bonds is 3. The third-order valence-corrected chi connectivity index (χ3v) is 5.79. The Kier molecular flexibility index (Phi) is 5.27. The van der Waals surface area contributed by atoms with E-state index >= 15 is 0 Å². The van der Waals surface area contributed by atoms with Gasteiger partial charge in [-0.05, 0) is 34.5 Å². The lowest BCUT2D eigenvalue weighted by Gasteiger charge is -2.34. The molecule has 1 aromatic carbocycles. The van der Waals surface area contributed by atoms with Crippen LogP contribution in [0.5, 0.6) is 0 Å². The van der Waals surface area contributed by atoms with Crippen LogP contribution in [-0.4, -0.2) is 51.7 Å². The molecular weight excluding hydrogens is 392 g/mol. The molecule has 0 aliphatic carbocycles. The summed E-state index contributed by atoms with van der Waals surface area (Å²) in [5.74, 6) is -0.0111. The molecule has 1 fully saturated rings. The molecular formula is C17H20BrClN4O. The van der Waals surface area contributed by atoms with Crippen molar-refractivity contribution >= 4 is 33.4 Å². The lowest BCUT2D eigenvalue weighted by atomic mass is 10.2. The van der Waals surface area contributed by atoms with Crippen molar-refractivity contribution in [2.24, 2.45) is 7.05 Å². The van der Waals surface area contributed by atoms with Gasteiger partial charge in [0.05, 0.1) is 10.2 Å². The number of nitrogens with zero attached hydrogens (tertiary/aromatic N) is 4. The molecule has 2 aromatic rings. The van der Waals surface area contributed by atoms with Gasteiger partial charge in [0.2, 0.25) is 0 Å². The summed E-state index contributed by atoms with van der Waals surface area (Å²) in [5, 5.41) is 5.13. The summed E-state index contributed by atoms with van der Waals surface area (Å²) >= 11 is 9.71. The lowest BCUT2D eigenvalue weighted by molar-refractivity contribution is 0.0621. The molecule has 0 radical (unpaired) electrons. The van der Waals surface area contributed by atoms with E-state index in [9.17, 15) is 4.79 Å². The maximum Gasteiger partial charge on any atom is 0.275 e. The minimum absolute atomic E-state index is 0.0111. The second kappa shape index (κ2) is 7.25. The second-order valence-corrected chi connectivity index (χ2v) is 7.23. The summed E-state index contributed by atoms with van der Waals surface area (Å²) in [6.07, 6.45) is 0. The number of aromatic nitrogens is 2. The normalized spacial score (nSPS) is 15.8. The molecule has 0 bridgehead atoms. The highest BCUT2D eigenvalue weighted by Crippen LogP contribution is 2.22. The van der Waals surface area contributed by atoms with Gasteiger partial charge in [0.15, 0.2) is 5.69 Å². The summed E-state index contributed by atoms with van der Waals surface area (Å²) < 4.78 is 2.51. The number of piperazine rings is 1. The molecule has 0 spiro atoms. The van der Waals surface area contributed by atoms with E-state index in [1.807, 2.05) is 43.1 Å². The largest absolute Gasteiger partial charge is 0.335 e. The molecule has 0 N–H and O–H groups in total. The number of carbonyl (C=O) groups is 1. The van der Waals surface area contributed by atoms with E-state index in [2.05, 4.69) is 25.9 Å². The zero-order chi connectivity index (χ0) is 17.3. The molecule has 0 saturated carbocycles. The van der Waals surface area contributed by atoms with Crippen molar-refractivity contribution in [3.63, 3.8) is 0 Å². The first kappa shape index (κ1) is 17.5. The topological polar surface area (TPSA) is 41.4 Å². The van der Waals surface area contributed by atoms with Crippen molar-refractivity contribution in [2.45, 2.75) is 13.5 Å². The number of benzene rings is 1. The van der Waals surface area contributed by atoms with Crippen molar-refractivity contribution in [2.75, 3.05) is 26.2 Å². The van der Waals surface area contributed by atoms with Crippen LogP contribution in [0, 0.1) is 6.92 Å². The molecule has 0 atom stereocenters. The summed E-state index contributed by atoms with van der Waals surface area (Å²) in [6, 6.07) is 7.91. The fourth-order valence-electron chi connectivity index (χ4n) is 2.85. The maximum atomic E-state index is 12.7. The molecule has 5 nitrogen and oxygen atoms in total. The zero-order valence-corrected chi connectivity index (χ0v) is 16.1. The smallest absolute Gasteiger partial charge is 0.275 e. The summed E-state index contributed by atoms with van der Waals surface area (Å²) in [5.41, 5.74) is 2.58. The fourth-order valence-corrected chi connectivity index (χ4v) is 3.55. The predicted molar refractivity (Wildman–Crippen MR) is 98.3 cm³/mol. The molecule has 3 rings (SSSR count). The van der Waals surface area contributed by atoms with Crippen LogP contribution in [0.2, 0.25) is 5.02 Å². The van der Waals surface area contributed by atoms with Crippen molar-refractivity contribution in [1.29, 1.82) is 0 Å². The molecule has 2 heterocycles. The van der Waals surface area contributed by atoms with Crippen LogP contribution < -0.4 is 0 Å². The number of amides is 1. The van der Waals surface area contributed by atoms with Crippen molar-refractivity contribution in [3.8, 4) is 0 Å². The fraction of sp³-hybridized carbons (Fsp3) is 0.412. The van der Waals surface area contributed by atoms with Gasteiger partial charge in [0.1, 0.15) is 0 Å². The molecule has 1 aromatic heterocycles. The third-order valence-electron chi connectivity index (χ3n) is 4.47. The summed E-state index contributed by atoms with van der Waals surface area (Å²) in [4.78, 5) is 16.9. The number of aryl methyl sites for hydroxylation is 1. The molecule has 1 saturated heterocycles. The first-order valence-electron chi connectivity index (χ1n) is 7.91. The molecule has 1 amide bonds. The Morgan fingerprint density at radius 1 is 1.25 bits per heavy atom. The minimum atomic E-state index is -0.0111. The number of hydrogen-bond donors (Lipinski definition) is 0. The predicted octanol–water partition coefficient (Wildman–Crippen LogP) is 3.10. The lowest BCUT2D eigenvalue weighted by Crippen LogP contribution is -2.48. The molecule has 128 valence electrons. The standard InChI is InChI=1S/C17H20BrClN4O/c1-12-15(18)16(20-21(12)2)17(24)23-9-7-22(8-10-23)11-13-5-3-4-6-14(13)19/h3-6H,7-11H2,1-2H3. The van der Waals surface area contributed by atoms with Crippen molar-refractivity contribution in [1.82, 2.24) is 19.6 Å². The maximum absolute atomic E-state index is 12.7. The number of hydrogen-bond acceptors (Lipinski definition) is 3. The number of halogens is 2. The number of carbonyl (C=O) groups excluding carboxylic acids is 1. The average molecular weight is 412 g/mol. The van der Waals surface area contributed by atoms with Gasteiger partial charge < -0.3 is 4.90 Å². The highest BCUT2D eigenvalue weighted by atomic mass is 79.9. The molecule has 24 heavy (non-hydrogen) atoms. The second-order valence-electron chi connectivity index (χ2n) is 6.03. The Labute approximate surface area is 155 Å². The molecule has 7 heteroatoms. The van der Waals surface area contributed by atoms with E-state index in [0.29, 0.717) is 18.8 Å². The van der Waals surface area contributed by atoms with Crippen LogP contribution in [0.4, 0.5) is 0 Å². The highest BCUT2D eigenvalue weighted by Gasteiger charge is 2.26. The zero-order valence-electron chi connectivity index (χ0n) is 13.8. The van der Waals surface area contributed by atoms with Gasteiger partial charge in [0, 0.05) is 44.8 Å². The minimum Gasteiger partial charge on any atom is -0.335 e. The molecule has 1 aliphatic heterocycles. The monoisotopic (exact) mass is 410 g/mol. The van der Waals surface area contributed by atoms with Crippen LogP contribution in [0.25, 0.3) is 0 Å². The first-order chi connectivity index (χ1) is 11.5. The molecule has 0 unspecified atom stereocenters.